The average molecular weight is 431 g/mol. The summed E-state index contributed by atoms with van der Waals surface area (Å²) in [5.41, 5.74) is 4.75. The largest absolute Gasteiger partial charge is 0.369 e. The summed E-state index contributed by atoms with van der Waals surface area (Å²) in [6, 6.07) is 7.64. The molecule has 1 unspecified atom stereocenters. The third-order valence-corrected chi connectivity index (χ3v) is 6.60. The molecular formula is C26H27FN4O. The Labute approximate surface area is 187 Å². The molecule has 5 nitrogen and oxygen atoms in total. The van der Waals surface area contributed by atoms with Crippen LogP contribution >= 0.6 is 0 Å². The van der Waals surface area contributed by atoms with Crippen molar-refractivity contribution in [1.29, 1.82) is 0 Å². The Morgan fingerprint density at radius 2 is 1.97 bits per heavy atom. The molecule has 3 heterocycles. The zero-order valence-electron chi connectivity index (χ0n) is 18.1. The fraction of sp³-hybridized carbons (Fsp3) is 0.308. The van der Waals surface area contributed by atoms with Crippen molar-refractivity contribution in [2.24, 2.45) is 5.92 Å². The van der Waals surface area contributed by atoms with Crippen LogP contribution in [0.3, 0.4) is 0 Å². The molecule has 0 bridgehead atoms. The van der Waals surface area contributed by atoms with Crippen molar-refractivity contribution in [3.8, 4) is 0 Å². The Kier molecular flexibility index (Phi) is 5.52. The molecule has 1 aromatic heterocycles. The van der Waals surface area contributed by atoms with Crippen LogP contribution in [0.15, 0.2) is 66.8 Å². The number of carbonyl (C=O) groups excluding carboxylic acids is 1. The van der Waals surface area contributed by atoms with Gasteiger partial charge in [-0.3, -0.25) is 9.78 Å². The van der Waals surface area contributed by atoms with Gasteiger partial charge in [0.1, 0.15) is 12.0 Å². The van der Waals surface area contributed by atoms with E-state index < -0.39 is 0 Å². The highest BCUT2D eigenvalue weighted by atomic mass is 19.1. The standard InChI is InChI=1S/C26H27FN4O/c1-17-23(26(32)30-21-11-9-20(27)10-12-21)14-19(15-28-17)22-8-5-13-31-24(22)16-29-25(31)18-6-3-2-4-7-18/h5,8-16,18,25,29H,2-4,6-7H2,1H3,(H,30,32). The van der Waals surface area contributed by atoms with Crippen LogP contribution in [-0.2, 0) is 0 Å². The van der Waals surface area contributed by atoms with Gasteiger partial charge in [-0.25, -0.2) is 4.39 Å². The third kappa shape index (κ3) is 3.93. The normalized spacial score (nSPS) is 20.3. The number of nitrogens with zero attached hydrogens (tertiary/aromatic N) is 2. The van der Waals surface area contributed by atoms with Gasteiger partial charge in [0.25, 0.3) is 5.91 Å². The van der Waals surface area contributed by atoms with Crippen molar-refractivity contribution in [2.75, 3.05) is 5.32 Å². The van der Waals surface area contributed by atoms with Gasteiger partial charge in [-0.05, 0) is 62.1 Å². The molecule has 3 aliphatic rings. The van der Waals surface area contributed by atoms with Gasteiger partial charge in [-0.15, -0.1) is 0 Å². The molecule has 1 aromatic carbocycles. The van der Waals surface area contributed by atoms with Crippen LogP contribution in [0.4, 0.5) is 10.1 Å². The molecular weight excluding hydrogens is 403 g/mol. The molecule has 2 aliphatic heterocycles. The minimum atomic E-state index is -0.338. The second-order valence-electron chi connectivity index (χ2n) is 8.69. The average Bonchev–Trinajstić information content (AvgIpc) is 3.26. The van der Waals surface area contributed by atoms with Crippen molar-refractivity contribution in [1.82, 2.24) is 15.2 Å². The first-order valence-corrected chi connectivity index (χ1v) is 11.3. The molecule has 0 spiro atoms. The van der Waals surface area contributed by atoms with E-state index in [1.165, 1.54) is 44.2 Å². The number of rotatable bonds is 4. The van der Waals surface area contributed by atoms with Crippen LogP contribution in [-0.4, -0.2) is 22.0 Å². The van der Waals surface area contributed by atoms with E-state index >= 15 is 0 Å². The third-order valence-electron chi connectivity index (χ3n) is 6.60. The van der Waals surface area contributed by atoms with Crippen molar-refractivity contribution in [2.45, 2.75) is 45.2 Å². The number of pyridine rings is 1. The number of fused-ring (bicyclic) bond motifs is 1. The first-order chi connectivity index (χ1) is 15.6. The molecule has 0 saturated heterocycles. The lowest BCUT2D eigenvalue weighted by atomic mass is 9.86. The lowest BCUT2D eigenvalue weighted by Crippen LogP contribution is -2.41. The Bertz CT molecular complexity index is 1110. The van der Waals surface area contributed by atoms with Gasteiger partial charge in [0.2, 0.25) is 0 Å². The SMILES string of the molecule is Cc1ncc(C2=CC=CN3C2=CNC3C2CCCCC2)cc1C(=O)Nc1ccc(F)cc1. The summed E-state index contributed by atoms with van der Waals surface area (Å²) in [6.07, 6.45) is 16.9. The molecule has 1 atom stereocenters. The van der Waals surface area contributed by atoms with Gasteiger partial charge < -0.3 is 15.5 Å². The molecule has 1 fully saturated rings. The van der Waals surface area contributed by atoms with Crippen LogP contribution < -0.4 is 10.6 Å². The lowest BCUT2D eigenvalue weighted by molar-refractivity contribution is 0.102. The van der Waals surface area contributed by atoms with Gasteiger partial charge in [0.15, 0.2) is 0 Å². The molecule has 2 aromatic rings. The monoisotopic (exact) mass is 430 g/mol. The number of aryl methyl sites for hydroxylation is 1. The quantitative estimate of drug-likeness (QED) is 0.687. The second kappa shape index (κ2) is 8.61. The van der Waals surface area contributed by atoms with Crippen LogP contribution in [0.2, 0.25) is 0 Å². The predicted octanol–water partition coefficient (Wildman–Crippen LogP) is 5.35. The van der Waals surface area contributed by atoms with E-state index in [-0.39, 0.29) is 17.9 Å². The summed E-state index contributed by atoms with van der Waals surface area (Å²) in [4.78, 5) is 19.8. The van der Waals surface area contributed by atoms with Crippen molar-refractivity contribution in [3.63, 3.8) is 0 Å². The molecule has 6 heteroatoms. The van der Waals surface area contributed by atoms with Crippen LogP contribution in [0, 0.1) is 18.7 Å². The number of carbonyl (C=O) groups is 1. The van der Waals surface area contributed by atoms with E-state index in [1.54, 1.807) is 12.1 Å². The van der Waals surface area contributed by atoms with E-state index in [9.17, 15) is 9.18 Å². The van der Waals surface area contributed by atoms with Crippen LogP contribution in [0.1, 0.15) is 53.7 Å². The topological polar surface area (TPSA) is 57.3 Å². The number of aromatic nitrogens is 1. The van der Waals surface area contributed by atoms with E-state index in [0.717, 1.165) is 16.8 Å². The highest BCUT2D eigenvalue weighted by Crippen LogP contribution is 2.38. The maximum atomic E-state index is 13.2. The van der Waals surface area contributed by atoms with Gasteiger partial charge >= 0.3 is 0 Å². The Morgan fingerprint density at radius 3 is 2.75 bits per heavy atom. The molecule has 5 rings (SSSR count). The maximum absolute atomic E-state index is 13.2. The zero-order chi connectivity index (χ0) is 22.1. The first-order valence-electron chi connectivity index (χ1n) is 11.3. The van der Waals surface area contributed by atoms with E-state index in [0.29, 0.717) is 22.9 Å². The van der Waals surface area contributed by atoms with Crippen molar-refractivity contribution in [3.05, 3.63) is 89.4 Å². The number of allylic oxidation sites excluding steroid dienone is 3. The van der Waals surface area contributed by atoms with Crippen molar-refractivity contribution < 1.29 is 9.18 Å². The van der Waals surface area contributed by atoms with E-state index in [1.807, 2.05) is 19.2 Å². The highest BCUT2D eigenvalue weighted by molar-refractivity contribution is 6.05. The smallest absolute Gasteiger partial charge is 0.257 e. The Balaban J connectivity index is 1.38. The number of halogens is 1. The predicted molar refractivity (Wildman–Crippen MR) is 124 cm³/mol. The number of nitrogens with one attached hydrogen (secondary N) is 2. The van der Waals surface area contributed by atoms with Gasteiger partial charge in [-0.2, -0.15) is 0 Å². The van der Waals surface area contributed by atoms with Gasteiger partial charge in [-0.1, -0.05) is 25.3 Å². The fourth-order valence-corrected chi connectivity index (χ4v) is 4.88. The maximum Gasteiger partial charge on any atom is 0.257 e. The zero-order valence-corrected chi connectivity index (χ0v) is 18.1. The van der Waals surface area contributed by atoms with E-state index in [2.05, 4.69) is 45.1 Å². The molecule has 1 saturated carbocycles. The summed E-state index contributed by atoms with van der Waals surface area (Å²) in [7, 11) is 0. The molecule has 32 heavy (non-hydrogen) atoms. The van der Waals surface area contributed by atoms with Crippen LogP contribution in [0.25, 0.3) is 5.57 Å². The lowest BCUT2D eigenvalue weighted by Gasteiger charge is -2.36. The molecule has 1 aliphatic carbocycles. The number of hydrogen-bond acceptors (Lipinski definition) is 4. The summed E-state index contributed by atoms with van der Waals surface area (Å²) < 4.78 is 13.2. The van der Waals surface area contributed by atoms with Crippen LogP contribution in [0.5, 0.6) is 0 Å². The summed E-state index contributed by atoms with van der Waals surface area (Å²) in [5, 5.41) is 6.43. The Morgan fingerprint density at radius 1 is 1.19 bits per heavy atom. The Hall–Kier alpha value is -3.41. The first kappa shape index (κ1) is 20.5. The second-order valence-corrected chi connectivity index (χ2v) is 8.69. The minimum absolute atomic E-state index is 0.258. The van der Waals surface area contributed by atoms with Gasteiger partial charge in [0, 0.05) is 35.4 Å². The fourth-order valence-electron chi connectivity index (χ4n) is 4.88. The van der Waals surface area contributed by atoms with Gasteiger partial charge in [0.05, 0.1) is 17.0 Å². The number of amides is 1. The molecule has 2 N–H and O–H groups in total. The number of benzene rings is 1. The highest BCUT2D eigenvalue weighted by Gasteiger charge is 2.34. The molecule has 0 radical (unpaired) electrons. The summed E-state index contributed by atoms with van der Waals surface area (Å²) in [5.74, 6) is 0.0373. The summed E-state index contributed by atoms with van der Waals surface area (Å²) in [6.45, 7) is 1.82. The molecule has 164 valence electrons. The van der Waals surface area contributed by atoms with Crippen molar-refractivity contribution >= 4 is 17.2 Å². The number of anilines is 1. The number of hydrogen-bond donors (Lipinski definition) is 2. The van der Waals surface area contributed by atoms with E-state index in [4.69, 9.17) is 0 Å². The summed E-state index contributed by atoms with van der Waals surface area (Å²) >= 11 is 0. The molecule has 1 amide bonds. The minimum Gasteiger partial charge on any atom is -0.369 e.